The van der Waals surface area contributed by atoms with Gasteiger partial charge in [-0.3, -0.25) is 0 Å². The zero-order valence-corrected chi connectivity index (χ0v) is 16.8. The van der Waals surface area contributed by atoms with Crippen LogP contribution in [0.3, 0.4) is 0 Å². The number of aryl methyl sites for hydroxylation is 1. The average molecular weight is 379 g/mol. The van der Waals surface area contributed by atoms with Gasteiger partial charge in [-0.1, -0.05) is 43.7 Å². The Morgan fingerprint density at radius 3 is 2.59 bits per heavy atom. The summed E-state index contributed by atoms with van der Waals surface area (Å²) in [5, 5.41) is 1.27. The molecule has 2 aromatic carbocycles. The first-order valence-corrected chi connectivity index (χ1v) is 10.9. The quantitative estimate of drug-likeness (QED) is 0.393. The van der Waals surface area contributed by atoms with Crippen LogP contribution in [0.25, 0.3) is 21.2 Å². The predicted octanol–water partition coefficient (Wildman–Crippen LogP) is 8.12. The lowest BCUT2D eigenvalue weighted by molar-refractivity contribution is 0.375. The second-order valence-corrected chi connectivity index (χ2v) is 8.97. The van der Waals surface area contributed by atoms with Gasteiger partial charge in [0.15, 0.2) is 0 Å². The Labute approximate surface area is 165 Å². The van der Waals surface area contributed by atoms with E-state index in [9.17, 15) is 4.39 Å². The number of halogens is 1. The minimum absolute atomic E-state index is 0.0944. The molecule has 1 heterocycles. The number of fused-ring (bicyclic) bond motifs is 1. The van der Waals surface area contributed by atoms with Crippen molar-refractivity contribution in [3.63, 3.8) is 0 Å². The highest BCUT2D eigenvalue weighted by Crippen LogP contribution is 2.38. The molecule has 1 aliphatic rings. The van der Waals surface area contributed by atoms with Gasteiger partial charge in [0.2, 0.25) is 0 Å². The first-order chi connectivity index (χ1) is 13.2. The molecule has 4 rings (SSSR count). The van der Waals surface area contributed by atoms with Crippen molar-refractivity contribution in [3.8, 4) is 11.1 Å². The molecule has 0 unspecified atom stereocenters. The second kappa shape index (κ2) is 7.98. The third kappa shape index (κ3) is 3.87. The number of allylic oxidation sites excluding steroid dienone is 1. The standard InChI is InChI=1S/C25H27FS/c1-3-5-22-14-21-11-10-20(16-25(21)27-22)23-13-12-19(15-24(23)26)18-8-6-17(4-2)7-9-18/h4,10-18H,2-3,5-9H2,1H3. The SMILES string of the molecule is C=CC1CCC(c2ccc(-c3ccc4cc(CCC)sc4c3)c(F)c2)CC1. The predicted molar refractivity (Wildman–Crippen MR) is 116 cm³/mol. The Balaban J connectivity index is 1.59. The van der Waals surface area contributed by atoms with Crippen molar-refractivity contribution in [2.45, 2.75) is 51.4 Å². The van der Waals surface area contributed by atoms with Crippen LogP contribution in [0.5, 0.6) is 0 Å². The summed E-state index contributed by atoms with van der Waals surface area (Å²) >= 11 is 1.83. The normalized spacial score (nSPS) is 20.1. The maximum Gasteiger partial charge on any atom is 0.131 e. The summed E-state index contributed by atoms with van der Waals surface area (Å²) in [7, 11) is 0. The summed E-state index contributed by atoms with van der Waals surface area (Å²) < 4.78 is 16.2. The molecule has 0 bridgehead atoms. The van der Waals surface area contributed by atoms with E-state index in [1.165, 1.54) is 27.8 Å². The van der Waals surface area contributed by atoms with Crippen LogP contribution in [0.1, 0.15) is 55.4 Å². The van der Waals surface area contributed by atoms with Gasteiger partial charge in [-0.15, -0.1) is 17.9 Å². The maximum atomic E-state index is 14.9. The Hall–Kier alpha value is -1.93. The van der Waals surface area contributed by atoms with Crippen LogP contribution in [0.15, 0.2) is 55.1 Å². The van der Waals surface area contributed by atoms with Gasteiger partial charge in [-0.05, 0) is 78.7 Å². The molecule has 0 N–H and O–H groups in total. The van der Waals surface area contributed by atoms with Gasteiger partial charge < -0.3 is 0 Å². The van der Waals surface area contributed by atoms with E-state index in [0.29, 0.717) is 17.4 Å². The van der Waals surface area contributed by atoms with Crippen LogP contribution >= 0.6 is 11.3 Å². The summed E-state index contributed by atoms with van der Waals surface area (Å²) in [6, 6.07) is 14.5. The Bertz CT molecular complexity index is 944. The molecule has 0 radical (unpaired) electrons. The zero-order chi connectivity index (χ0) is 18.8. The van der Waals surface area contributed by atoms with E-state index in [4.69, 9.17) is 0 Å². The Kier molecular flexibility index (Phi) is 5.45. The molecule has 1 aromatic heterocycles. The van der Waals surface area contributed by atoms with Crippen molar-refractivity contribution in [1.29, 1.82) is 0 Å². The molecule has 1 saturated carbocycles. The molecule has 0 nitrogen and oxygen atoms in total. The lowest BCUT2D eigenvalue weighted by Gasteiger charge is -2.27. The van der Waals surface area contributed by atoms with Crippen molar-refractivity contribution >= 4 is 21.4 Å². The van der Waals surface area contributed by atoms with Gasteiger partial charge in [0.05, 0.1) is 0 Å². The van der Waals surface area contributed by atoms with E-state index < -0.39 is 0 Å². The average Bonchev–Trinajstić information content (AvgIpc) is 3.10. The lowest BCUT2D eigenvalue weighted by atomic mass is 9.78. The molecule has 0 spiro atoms. The first-order valence-electron chi connectivity index (χ1n) is 10.1. The topological polar surface area (TPSA) is 0 Å². The van der Waals surface area contributed by atoms with Gasteiger partial charge in [0.1, 0.15) is 5.82 Å². The number of rotatable bonds is 5. The van der Waals surface area contributed by atoms with Crippen molar-refractivity contribution < 1.29 is 4.39 Å². The van der Waals surface area contributed by atoms with Crippen LogP contribution < -0.4 is 0 Å². The fourth-order valence-electron chi connectivity index (χ4n) is 4.33. The summed E-state index contributed by atoms with van der Waals surface area (Å²) in [4.78, 5) is 1.41. The van der Waals surface area contributed by atoms with E-state index >= 15 is 0 Å². The van der Waals surface area contributed by atoms with Gasteiger partial charge in [-0.25, -0.2) is 4.39 Å². The Morgan fingerprint density at radius 1 is 1.07 bits per heavy atom. The van der Waals surface area contributed by atoms with Crippen molar-refractivity contribution in [1.82, 2.24) is 0 Å². The highest BCUT2D eigenvalue weighted by atomic mass is 32.1. The zero-order valence-electron chi connectivity index (χ0n) is 16.0. The van der Waals surface area contributed by atoms with E-state index in [1.54, 1.807) is 6.07 Å². The molecule has 2 heteroatoms. The third-order valence-electron chi connectivity index (χ3n) is 5.95. The minimum atomic E-state index is -0.0944. The van der Waals surface area contributed by atoms with Crippen LogP contribution in [0.2, 0.25) is 0 Å². The number of thiophene rings is 1. The van der Waals surface area contributed by atoms with Crippen LogP contribution in [0, 0.1) is 11.7 Å². The largest absolute Gasteiger partial charge is 0.206 e. The molecular weight excluding hydrogens is 351 g/mol. The van der Waals surface area contributed by atoms with Crippen LogP contribution in [-0.2, 0) is 6.42 Å². The highest BCUT2D eigenvalue weighted by Gasteiger charge is 2.21. The van der Waals surface area contributed by atoms with E-state index in [1.807, 2.05) is 17.4 Å². The van der Waals surface area contributed by atoms with Crippen molar-refractivity contribution in [2.24, 2.45) is 5.92 Å². The molecule has 1 aliphatic carbocycles. The summed E-state index contributed by atoms with van der Waals surface area (Å²) in [6.45, 7) is 6.12. The Morgan fingerprint density at radius 2 is 1.89 bits per heavy atom. The molecule has 0 aliphatic heterocycles. The molecule has 3 aromatic rings. The number of benzene rings is 2. The highest BCUT2D eigenvalue weighted by molar-refractivity contribution is 7.19. The smallest absolute Gasteiger partial charge is 0.131 e. The number of hydrogen-bond acceptors (Lipinski definition) is 1. The third-order valence-corrected chi connectivity index (χ3v) is 7.11. The van der Waals surface area contributed by atoms with Crippen molar-refractivity contribution in [2.75, 3.05) is 0 Å². The molecule has 0 atom stereocenters. The van der Waals surface area contributed by atoms with E-state index in [2.05, 4.69) is 49.9 Å². The monoisotopic (exact) mass is 378 g/mol. The van der Waals surface area contributed by atoms with Crippen LogP contribution in [0.4, 0.5) is 4.39 Å². The van der Waals surface area contributed by atoms with E-state index in [-0.39, 0.29) is 5.82 Å². The molecule has 1 fully saturated rings. The van der Waals surface area contributed by atoms with E-state index in [0.717, 1.165) is 36.8 Å². The first kappa shape index (κ1) is 18.4. The second-order valence-electron chi connectivity index (χ2n) is 7.80. The molecule has 140 valence electrons. The van der Waals surface area contributed by atoms with Gasteiger partial charge in [0.25, 0.3) is 0 Å². The maximum absolute atomic E-state index is 14.9. The fraction of sp³-hybridized carbons (Fsp3) is 0.360. The van der Waals surface area contributed by atoms with Gasteiger partial charge in [-0.2, -0.15) is 0 Å². The van der Waals surface area contributed by atoms with Gasteiger partial charge >= 0.3 is 0 Å². The van der Waals surface area contributed by atoms with Crippen LogP contribution in [-0.4, -0.2) is 0 Å². The molecule has 0 saturated heterocycles. The number of hydrogen-bond donors (Lipinski definition) is 0. The molecule has 0 amide bonds. The van der Waals surface area contributed by atoms with Crippen molar-refractivity contribution in [3.05, 3.63) is 71.4 Å². The minimum Gasteiger partial charge on any atom is -0.206 e. The summed E-state index contributed by atoms with van der Waals surface area (Å²) in [5.41, 5.74) is 2.85. The lowest BCUT2D eigenvalue weighted by Crippen LogP contribution is -2.11. The summed E-state index contributed by atoms with van der Waals surface area (Å²) in [5.74, 6) is 1.03. The summed E-state index contributed by atoms with van der Waals surface area (Å²) in [6.07, 6.45) is 8.97. The molecule has 27 heavy (non-hydrogen) atoms. The fourth-order valence-corrected chi connectivity index (χ4v) is 5.54. The molecular formula is C25H27FS. The van der Waals surface area contributed by atoms with Gasteiger partial charge in [0, 0.05) is 15.1 Å².